The van der Waals surface area contributed by atoms with Crippen LogP contribution in [0.25, 0.3) is 0 Å². The number of nitrogens with zero attached hydrogens (tertiary/aromatic N) is 1. The summed E-state index contributed by atoms with van der Waals surface area (Å²) >= 11 is 0. The average molecular weight is 517 g/mol. The molecular weight excluding hydrogens is 495 g/mol. The van der Waals surface area contributed by atoms with Gasteiger partial charge in [0, 0.05) is 11.6 Å². The molecular formula is C25H22F3N3O6. The van der Waals surface area contributed by atoms with Gasteiger partial charge < -0.3 is 30.3 Å². The Labute approximate surface area is 208 Å². The molecule has 1 heterocycles. The number of halogens is 3. The highest BCUT2D eigenvalue weighted by atomic mass is 19.4. The third-order valence-electron chi connectivity index (χ3n) is 5.65. The molecule has 0 unspecified atom stereocenters. The molecule has 1 fully saturated rings. The minimum atomic E-state index is -4.66. The van der Waals surface area contributed by atoms with E-state index in [0.29, 0.717) is 18.5 Å². The van der Waals surface area contributed by atoms with Crippen molar-refractivity contribution in [2.75, 3.05) is 7.11 Å². The number of nitrogens with one attached hydrogen (secondary N) is 2. The lowest BCUT2D eigenvalue weighted by Crippen LogP contribution is -2.48. The Morgan fingerprint density at radius 1 is 1.03 bits per heavy atom. The van der Waals surface area contributed by atoms with Gasteiger partial charge in [0.25, 0.3) is 5.91 Å². The molecule has 0 atom stereocenters. The summed E-state index contributed by atoms with van der Waals surface area (Å²) in [5.41, 5.74) is -1.71. The number of hydrogen-bond donors (Lipinski definition) is 4. The predicted octanol–water partition coefficient (Wildman–Crippen LogP) is 3.89. The average Bonchev–Trinajstić information content (AvgIpc) is 3.63. The molecule has 4 N–H and O–H groups in total. The Bertz CT molecular complexity index is 1300. The first-order chi connectivity index (χ1) is 17.5. The van der Waals surface area contributed by atoms with Crippen molar-refractivity contribution in [1.82, 2.24) is 15.6 Å². The van der Waals surface area contributed by atoms with Crippen molar-refractivity contribution in [3.05, 3.63) is 71.5 Å². The molecule has 194 valence electrons. The number of benzene rings is 2. The van der Waals surface area contributed by atoms with Crippen LogP contribution in [-0.2, 0) is 17.5 Å². The fraction of sp³-hybridized carbons (Fsp3) is 0.240. The lowest BCUT2D eigenvalue weighted by atomic mass is 10.1. The first-order valence-electron chi connectivity index (χ1n) is 11.0. The van der Waals surface area contributed by atoms with Crippen LogP contribution in [0.4, 0.5) is 13.2 Å². The number of aromatic hydroxyl groups is 2. The van der Waals surface area contributed by atoms with Crippen LogP contribution in [0.1, 0.15) is 34.5 Å². The van der Waals surface area contributed by atoms with Crippen molar-refractivity contribution in [2.45, 2.75) is 31.1 Å². The first-order valence-corrected chi connectivity index (χ1v) is 11.0. The lowest BCUT2D eigenvalue weighted by Gasteiger charge is -2.17. The third-order valence-corrected chi connectivity index (χ3v) is 5.65. The van der Waals surface area contributed by atoms with Crippen LogP contribution in [0.15, 0.2) is 54.7 Å². The van der Waals surface area contributed by atoms with E-state index in [0.717, 1.165) is 18.2 Å². The molecule has 2 aromatic carbocycles. The predicted molar refractivity (Wildman–Crippen MR) is 123 cm³/mol. The van der Waals surface area contributed by atoms with Crippen molar-refractivity contribution in [3.8, 4) is 28.7 Å². The smallest absolute Gasteiger partial charge is 0.420 e. The van der Waals surface area contributed by atoms with Crippen LogP contribution in [0.3, 0.4) is 0 Å². The second-order valence-corrected chi connectivity index (χ2v) is 8.40. The van der Waals surface area contributed by atoms with Gasteiger partial charge in [-0.25, -0.2) is 0 Å². The van der Waals surface area contributed by atoms with Gasteiger partial charge in [0.15, 0.2) is 0 Å². The van der Waals surface area contributed by atoms with Gasteiger partial charge >= 0.3 is 6.18 Å². The number of carbonyl (C=O) groups excluding carboxylic acids is 2. The highest BCUT2D eigenvalue weighted by Gasteiger charge is 2.51. The molecule has 0 saturated heterocycles. The quantitative estimate of drug-likeness (QED) is 0.357. The molecule has 1 aliphatic rings. The van der Waals surface area contributed by atoms with Gasteiger partial charge in [0.2, 0.25) is 5.91 Å². The highest BCUT2D eigenvalue weighted by Crippen LogP contribution is 2.40. The van der Waals surface area contributed by atoms with E-state index >= 15 is 0 Å². The number of carbonyl (C=O) groups is 2. The number of alkyl halides is 3. The van der Waals surface area contributed by atoms with Crippen LogP contribution < -0.4 is 20.1 Å². The summed E-state index contributed by atoms with van der Waals surface area (Å²) in [6.45, 7) is -0.0000158. The number of amides is 2. The summed E-state index contributed by atoms with van der Waals surface area (Å²) in [6, 6.07) is 9.64. The Morgan fingerprint density at radius 3 is 2.27 bits per heavy atom. The molecule has 1 aliphatic carbocycles. The molecule has 9 nitrogen and oxygen atoms in total. The normalized spacial score (nSPS) is 13.9. The van der Waals surface area contributed by atoms with Crippen LogP contribution >= 0.6 is 0 Å². The summed E-state index contributed by atoms with van der Waals surface area (Å²) in [7, 11) is 1.26. The number of methoxy groups -OCH3 is 1. The van der Waals surface area contributed by atoms with Crippen molar-refractivity contribution in [2.24, 2.45) is 0 Å². The van der Waals surface area contributed by atoms with E-state index in [1.807, 2.05) is 0 Å². The molecule has 3 aromatic rings. The number of phenols is 2. The maximum atomic E-state index is 13.4. The Kier molecular flexibility index (Phi) is 6.84. The molecule has 37 heavy (non-hydrogen) atoms. The molecule has 2 amide bonds. The Morgan fingerprint density at radius 2 is 1.70 bits per heavy atom. The number of phenolic OH excluding ortho intramolecular Hbond substituents is 2. The van der Waals surface area contributed by atoms with E-state index in [9.17, 15) is 33.0 Å². The van der Waals surface area contributed by atoms with Crippen LogP contribution in [0.5, 0.6) is 28.7 Å². The van der Waals surface area contributed by atoms with Gasteiger partial charge in [-0.2, -0.15) is 13.2 Å². The van der Waals surface area contributed by atoms with E-state index in [1.54, 1.807) is 0 Å². The molecule has 0 radical (unpaired) electrons. The monoisotopic (exact) mass is 517 g/mol. The van der Waals surface area contributed by atoms with Gasteiger partial charge in [-0.1, -0.05) is 0 Å². The largest absolute Gasteiger partial charge is 0.508 e. The first kappa shape index (κ1) is 25.6. The lowest BCUT2D eigenvalue weighted by molar-refractivity contribution is -0.138. The standard InChI is InChI=1S/C25H22F3N3O6/c1-36-18-4-5-21(20(11-18)25(26,27)28)37-19-3-2-15(29-13-19)12-30-23(35)24(6-7-24)31-22(34)14-8-16(32)10-17(33)9-14/h2-5,8-11,13,32-33H,6-7,12H2,1H3,(H,30,35)(H,31,34). The second-order valence-electron chi connectivity index (χ2n) is 8.40. The summed E-state index contributed by atoms with van der Waals surface area (Å²) < 4.78 is 50.4. The van der Waals surface area contributed by atoms with Crippen LogP contribution in [0.2, 0.25) is 0 Å². The molecule has 1 aromatic heterocycles. The number of aromatic nitrogens is 1. The summed E-state index contributed by atoms with van der Waals surface area (Å²) in [5, 5.41) is 24.4. The molecule has 1 saturated carbocycles. The van der Waals surface area contributed by atoms with E-state index in [4.69, 9.17) is 9.47 Å². The Balaban J connectivity index is 1.36. The zero-order valence-corrected chi connectivity index (χ0v) is 19.4. The number of rotatable bonds is 8. The van der Waals surface area contributed by atoms with E-state index in [2.05, 4.69) is 15.6 Å². The zero-order chi connectivity index (χ0) is 26.8. The van der Waals surface area contributed by atoms with Crippen molar-refractivity contribution >= 4 is 11.8 Å². The Hall–Kier alpha value is -4.48. The molecule has 4 rings (SSSR count). The van der Waals surface area contributed by atoms with Crippen molar-refractivity contribution < 1.29 is 42.4 Å². The SMILES string of the molecule is COc1ccc(Oc2ccc(CNC(=O)C3(NC(=O)c4cc(O)cc(O)c4)CC3)nc2)c(C(F)(F)F)c1. The molecule has 12 heteroatoms. The van der Waals surface area contributed by atoms with Gasteiger partial charge in [0.05, 0.1) is 25.5 Å². The van der Waals surface area contributed by atoms with Gasteiger partial charge in [0.1, 0.15) is 39.8 Å². The maximum Gasteiger partial charge on any atom is 0.420 e. The van der Waals surface area contributed by atoms with Gasteiger partial charge in [-0.3, -0.25) is 14.6 Å². The second kappa shape index (κ2) is 9.88. The van der Waals surface area contributed by atoms with Crippen LogP contribution in [-0.4, -0.2) is 39.7 Å². The zero-order valence-electron chi connectivity index (χ0n) is 19.4. The minimum absolute atomic E-state index is 0.0000158. The third kappa shape index (κ3) is 6.02. The number of pyridine rings is 1. The summed E-state index contributed by atoms with van der Waals surface area (Å²) in [5.74, 6) is -1.97. The maximum absolute atomic E-state index is 13.4. The van der Waals surface area contributed by atoms with Crippen LogP contribution in [0, 0.1) is 0 Å². The number of hydrogen-bond acceptors (Lipinski definition) is 7. The topological polar surface area (TPSA) is 130 Å². The number of ether oxygens (including phenoxy) is 2. The molecule has 0 aliphatic heterocycles. The van der Waals surface area contributed by atoms with Crippen molar-refractivity contribution in [1.29, 1.82) is 0 Å². The highest BCUT2D eigenvalue weighted by molar-refractivity contribution is 6.01. The van der Waals surface area contributed by atoms with Gasteiger partial charge in [-0.15, -0.1) is 0 Å². The summed E-state index contributed by atoms with van der Waals surface area (Å²) in [4.78, 5) is 29.3. The van der Waals surface area contributed by atoms with E-state index < -0.39 is 34.8 Å². The molecule has 0 bridgehead atoms. The van der Waals surface area contributed by atoms with E-state index in [1.165, 1.54) is 43.6 Å². The summed E-state index contributed by atoms with van der Waals surface area (Å²) in [6.07, 6.45) is -2.62. The minimum Gasteiger partial charge on any atom is -0.508 e. The molecule has 0 spiro atoms. The van der Waals surface area contributed by atoms with E-state index in [-0.39, 0.29) is 35.1 Å². The fourth-order valence-electron chi connectivity index (χ4n) is 3.54. The van der Waals surface area contributed by atoms with Gasteiger partial charge in [-0.05, 0) is 55.3 Å². The fourth-order valence-corrected chi connectivity index (χ4v) is 3.54. The van der Waals surface area contributed by atoms with Crippen molar-refractivity contribution in [3.63, 3.8) is 0 Å².